The Labute approximate surface area is 224 Å². The molecule has 0 bridgehead atoms. The Balaban J connectivity index is 6.40. The summed E-state index contributed by atoms with van der Waals surface area (Å²) in [6.07, 6.45) is -3.10. The first-order chi connectivity index (χ1) is 17.7. The third-order valence-electron chi connectivity index (χ3n) is 5.49. The number of rotatable bonds is 17. The van der Waals surface area contributed by atoms with Gasteiger partial charge in [0.1, 0.15) is 6.04 Å². The predicted molar refractivity (Wildman–Crippen MR) is 138 cm³/mol. The van der Waals surface area contributed by atoms with E-state index < -0.39 is 62.4 Å². The summed E-state index contributed by atoms with van der Waals surface area (Å²) in [4.78, 5) is 36.8. The van der Waals surface area contributed by atoms with Gasteiger partial charge in [-0.25, -0.2) is 28.0 Å². The van der Waals surface area contributed by atoms with Gasteiger partial charge in [0.2, 0.25) is 18.5 Å². The van der Waals surface area contributed by atoms with E-state index in [1.54, 1.807) is 41.5 Å². The van der Waals surface area contributed by atoms with Gasteiger partial charge in [-0.15, -0.1) is 4.76 Å². The molecule has 0 saturated heterocycles. The maximum absolute atomic E-state index is 14.0. The summed E-state index contributed by atoms with van der Waals surface area (Å²) in [6.45, 7) is 12.0. The minimum atomic E-state index is -4.75. The highest BCUT2D eigenvalue weighted by Gasteiger charge is 2.40. The van der Waals surface area contributed by atoms with Crippen molar-refractivity contribution in [1.82, 2.24) is 4.90 Å². The Morgan fingerprint density at radius 1 is 0.868 bits per heavy atom. The first-order valence-corrected chi connectivity index (χ1v) is 14.2. The molecule has 3 N–H and O–H groups in total. The fourth-order valence-corrected chi connectivity index (χ4v) is 3.95. The fraction of sp³-hybridized carbons (Fsp3) is 0.826. The van der Waals surface area contributed by atoms with Crippen LogP contribution in [0.15, 0.2) is 4.76 Å². The van der Waals surface area contributed by atoms with Crippen LogP contribution in [0.5, 0.6) is 0 Å². The Morgan fingerprint density at radius 2 is 1.26 bits per heavy atom. The minimum Gasteiger partial charge on any atom is -0.480 e. The molecule has 0 radical (unpaired) electrons. The topological polar surface area (TPSA) is 186 Å². The summed E-state index contributed by atoms with van der Waals surface area (Å²) in [5.41, 5.74) is 5.96. The van der Waals surface area contributed by atoms with Crippen molar-refractivity contribution in [3.05, 3.63) is 0 Å². The van der Waals surface area contributed by atoms with E-state index >= 15 is 0 Å². The number of likely N-dealkylation sites (N-methyl/N-ethyl adjacent to an activating group) is 1. The number of hydrogen-bond donors (Lipinski definition) is 2. The Bertz CT molecular complexity index is 784. The first kappa shape index (κ1) is 35.4. The van der Waals surface area contributed by atoms with Gasteiger partial charge in [0, 0.05) is 18.9 Å². The van der Waals surface area contributed by atoms with Crippen molar-refractivity contribution >= 4 is 32.0 Å². The second kappa shape index (κ2) is 17.8. The molecule has 0 spiro atoms. The predicted octanol–water partition coefficient (Wildman–Crippen LogP) is 4.72. The first-order valence-electron chi connectivity index (χ1n) is 12.7. The Kier molecular flexibility index (Phi) is 16.6. The second-order valence-electron chi connectivity index (χ2n) is 8.70. The zero-order valence-electron chi connectivity index (χ0n) is 23.6. The molecule has 5 unspecified atom stereocenters. The molecule has 0 aromatic heterocycles. The molecule has 0 aromatic carbocycles. The van der Waals surface area contributed by atoms with Crippen LogP contribution in [0.2, 0.25) is 0 Å². The number of ether oxygens (including phenoxy) is 4. The van der Waals surface area contributed by atoms with Gasteiger partial charge in [0.15, 0.2) is 0 Å². The molecule has 0 amide bonds. The number of carbonyl (C=O) groups is 3. The summed E-state index contributed by atoms with van der Waals surface area (Å²) in [5.74, 6) is -2.74. The van der Waals surface area contributed by atoms with Crippen LogP contribution in [-0.2, 0) is 37.4 Å². The van der Waals surface area contributed by atoms with Crippen LogP contribution in [-0.4, -0.2) is 73.1 Å². The molecule has 0 heterocycles. The third-order valence-corrected chi connectivity index (χ3v) is 6.89. The summed E-state index contributed by atoms with van der Waals surface area (Å²) >= 11 is 0. The molecule has 0 aliphatic carbocycles. The van der Waals surface area contributed by atoms with Gasteiger partial charge in [-0.3, -0.25) is 0 Å². The van der Waals surface area contributed by atoms with Crippen LogP contribution in [0, 0.1) is 11.8 Å². The Hall–Kier alpha value is -2.57. The molecule has 0 rings (SSSR count). The molecule has 222 valence electrons. The summed E-state index contributed by atoms with van der Waals surface area (Å²) < 4.78 is 49.5. The van der Waals surface area contributed by atoms with Crippen molar-refractivity contribution in [2.45, 2.75) is 92.8 Å². The van der Waals surface area contributed by atoms with E-state index in [1.807, 2.05) is 0 Å². The lowest BCUT2D eigenvalue weighted by Crippen LogP contribution is -2.44. The highest BCUT2D eigenvalue weighted by molar-refractivity contribution is 7.52. The van der Waals surface area contributed by atoms with Gasteiger partial charge in [-0.2, -0.15) is 0 Å². The number of aliphatic carboxylic acids is 1. The van der Waals surface area contributed by atoms with E-state index in [0.29, 0.717) is 25.7 Å². The molecule has 0 aromatic rings. The highest BCUT2D eigenvalue weighted by Crippen LogP contribution is 2.54. The van der Waals surface area contributed by atoms with Crippen LogP contribution in [0.3, 0.4) is 0 Å². The molecular weight excluding hydrogens is 525 g/mol. The van der Waals surface area contributed by atoms with Crippen molar-refractivity contribution < 1.29 is 52.1 Å². The summed E-state index contributed by atoms with van der Waals surface area (Å²) in [6, 6.07) is -1.15. The minimum absolute atomic E-state index is 0.0903. The molecule has 0 saturated carbocycles. The molecule has 14 nitrogen and oxygen atoms in total. The average molecular weight is 570 g/mol. The van der Waals surface area contributed by atoms with Crippen molar-refractivity contribution in [3.63, 3.8) is 0 Å². The van der Waals surface area contributed by atoms with Gasteiger partial charge >= 0.3 is 26.0 Å². The Morgan fingerprint density at radius 3 is 1.58 bits per heavy atom. The SMILES string of the molecule is CCCOC(=O)OC(OP(=O)(N=C(N)N(C)C(C)C(=O)O)OC(OC(=O)OCCC)C(C)CC)C(C)CC. The van der Waals surface area contributed by atoms with E-state index in [1.165, 1.54) is 14.0 Å². The maximum Gasteiger partial charge on any atom is 0.510 e. The molecule has 0 aliphatic heterocycles. The van der Waals surface area contributed by atoms with Crippen molar-refractivity contribution in [1.29, 1.82) is 0 Å². The van der Waals surface area contributed by atoms with Gasteiger partial charge in [-0.1, -0.05) is 41.5 Å². The standard InChI is InChI=1S/C23H44N3O11P/c1-9-13-32-22(29)34-19(15(5)11-3)36-38(31,25-21(24)26(8)17(7)18(27)28)37-20(16(6)12-4)35-23(30)33-14-10-2/h15-17,19-20H,9-14H2,1-8H3,(H,27,28)(H2,24,25,31). The van der Waals surface area contributed by atoms with Crippen molar-refractivity contribution in [2.75, 3.05) is 20.3 Å². The quantitative estimate of drug-likeness (QED) is 0.0806. The van der Waals surface area contributed by atoms with E-state index in [-0.39, 0.29) is 13.2 Å². The average Bonchev–Trinajstić information content (AvgIpc) is 2.87. The lowest BCUT2D eigenvalue weighted by Gasteiger charge is -2.30. The van der Waals surface area contributed by atoms with Crippen molar-refractivity contribution in [2.24, 2.45) is 22.3 Å². The number of carboxylic acids is 1. The number of carboxylic acid groups (broad SMARTS) is 1. The monoisotopic (exact) mass is 569 g/mol. The van der Waals surface area contributed by atoms with E-state index in [0.717, 1.165) is 4.90 Å². The van der Waals surface area contributed by atoms with Crippen LogP contribution >= 0.6 is 7.75 Å². The largest absolute Gasteiger partial charge is 0.510 e. The van der Waals surface area contributed by atoms with Crippen LogP contribution in [0.1, 0.15) is 74.1 Å². The third kappa shape index (κ3) is 12.8. The zero-order valence-corrected chi connectivity index (χ0v) is 24.5. The van der Waals surface area contributed by atoms with Gasteiger partial charge in [0.05, 0.1) is 13.2 Å². The molecule has 38 heavy (non-hydrogen) atoms. The van der Waals surface area contributed by atoms with Gasteiger partial charge in [-0.05, 0) is 32.6 Å². The smallest absolute Gasteiger partial charge is 0.480 e. The number of hydrogen-bond acceptors (Lipinski definition) is 10. The summed E-state index contributed by atoms with van der Waals surface area (Å²) in [7, 11) is -3.43. The number of nitrogens with zero attached hydrogens (tertiary/aromatic N) is 2. The molecule has 0 fully saturated rings. The number of carbonyl (C=O) groups excluding carboxylic acids is 2. The lowest BCUT2D eigenvalue weighted by molar-refractivity contribution is -0.141. The molecule has 5 atom stereocenters. The van der Waals surface area contributed by atoms with E-state index in [9.17, 15) is 24.1 Å². The second-order valence-corrected chi connectivity index (χ2v) is 10.3. The molecule has 15 heteroatoms. The fourth-order valence-electron chi connectivity index (χ4n) is 2.39. The van der Waals surface area contributed by atoms with E-state index in [2.05, 4.69) is 4.76 Å². The number of nitrogens with two attached hydrogens (primary N) is 1. The normalized spacial score (nSPS) is 17.2. The van der Waals surface area contributed by atoms with E-state index in [4.69, 9.17) is 33.7 Å². The maximum atomic E-state index is 14.0. The highest BCUT2D eigenvalue weighted by atomic mass is 31.2. The van der Waals surface area contributed by atoms with Crippen LogP contribution < -0.4 is 5.73 Å². The van der Waals surface area contributed by atoms with Gasteiger partial charge in [0.25, 0.3) is 0 Å². The van der Waals surface area contributed by atoms with Crippen LogP contribution in [0.4, 0.5) is 9.59 Å². The van der Waals surface area contributed by atoms with Crippen molar-refractivity contribution in [3.8, 4) is 0 Å². The zero-order chi connectivity index (χ0) is 29.5. The molecule has 0 aliphatic rings. The summed E-state index contributed by atoms with van der Waals surface area (Å²) in [5, 5.41) is 9.31. The number of guanidine groups is 1. The van der Waals surface area contributed by atoms with Crippen LogP contribution in [0.25, 0.3) is 0 Å². The molecular formula is C23H44N3O11P. The van der Waals surface area contributed by atoms with Gasteiger partial charge < -0.3 is 34.7 Å². The lowest BCUT2D eigenvalue weighted by atomic mass is 10.1.